The van der Waals surface area contributed by atoms with E-state index in [0.717, 1.165) is 50.0 Å². The van der Waals surface area contributed by atoms with Crippen molar-refractivity contribution in [2.45, 2.75) is 58.3 Å². The Bertz CT molecular complexity index is 602. The fourth-order valence-corrected chi connectivity index (χ4v) is 6.56. The van der Waals surface area contributed by atoms with Crippen molar-refractivity contribution in [3.63, 3.8) is 0 Å². The molecule has 4 aliphatic carbocycles. The van der Waals surface area contributed by atoms with E-state index in [1.807, 2.05) is 0 Å². The molecule has 0 N–H and O–H groups in total. The average Bonchev–Trinajstić information content (AvgIpc) is 2.97. The average molecular weight is 330 g/mol. The molecule has 0 radical (unpaired) electrons. The molecule has 0 heterocycles. The summed E-state index contributed by atoms with van der Waals surface area (Å²) in [5.74, 6) is 5.13. The fourth-order valence-electron chi connectivity index (χ4n) is 6.56. The lowest BCUT2D eigenvalue weighted by Gasteiger charge is -2.52. The Labute approximate surface area is 145 Å². The third kappa shape index (κ3) is 2.12. The Morgan fingerprint density at radius 3 is 2.71 bits per heavy atom. The maximum Gasteiger partial charge on any atom is 0.139 e. The second-order valence-electron chi connectivity index (χ2n) is 8.17. The molecule has 0 bridgehead atoms. The molecule has 4 rings (SSSR count). The lowest BCUT2D eigenvalue weighted by Crippen LogP contribution is -2.46. The normalized spacial score (nSPS) is 41.3. The minimum atomic E-state index is 0.00396. The number of carbonyl (C=O) groups is 1. The third-order valence-electron chi connectivity index (χ3n) is 7.68. The standard InChI is InChI=1S/C21H30O3/c1-4-21-10-9-16-15(17(21)7-8-19(21)22)6-5-13-11-14(23-2)12-18(24-3)20(13)16/h11,13,15-17H,4-10,12H2,1-3H3/t13?,15-,16+,17+,21+/m1/s1. The molecule has 24 heavy (non-hydrogen) atoms. The molecule has 4 aliphatic rings. The number of Topliss-reactive ketones (excluding diaryl/α,β-unsaturated/α-hetero) is 1. The molecule has 132 valence electrons. The van der Waals surface area contributed by atoms with Crippen LogP contribution in [0, 0.1) is 29.1 Å². The summed E-state index contributed by atoms with van der Waals surface area (Å²) in [7, 11) is 3.57. The van der Waals surface area contributed by atoms with Crippen LogP contribution in [0.5, 0.6) is 0 Å². The highest BCUT2D eigenvalue weighted by atomic mass is 16.5. The first kappa shape index (κ1) is 16.2. The number of carbonyl (C=O) groups excluding carboxylic acids is 1. The molecule has 1 unspecified atom stereocenters. The van der Waals surface area contributed by atoms with Gasteiger partial charge in [-0.3, -0.25) is 4.79 Å². The van der Waals surface area contributed by atoms with Crippen molar-refractivity contribution in [1.29, 1.82) is 0 Å². The number of rotatable bonds is 3. The molecule has 0 saturated heterocycles. The van der Waals surface area contributed by atoms with Crippen LogP contribution >= 0.6 is 0 Å². The molecular weight excluding hydrogens is 300 g/mol. The van der Waals surface area contributed by atoms with Gasteiger partial charge in [0.05, 0.1) is 26.4 Å². The van der Waals surface area contributed by atoms with Gasteiger partial charge < -0.3 is 9.47 Å². The van der Waals surface area contributed by atoms with E-state index >= 15 is 0 Å². The minimum Gasteiger partial charge on any atom is -0.501 e. The molecule has 5 atom stereocenters. The highest BCUT2D eigenvalue weighted by Gasteiger charge is 2.57. The Kier molecular flexibility index (Phi) is 4.01. The van der Waals surface area contributed by atoms with E-state index in [1.54, 1.807) is 19.8 Å². The van der Waals surface area contributed by atoms with Crippen LogP contribution in [-0.4, -0.2) is 20.0 Å². The van der Waals surface area contributed by atoms with Gasteiger partial charge in [-0.05, 0) is 67.9 Å². The molecule has 0 aromatic heterocycles. The quantitative estimate of drug-likeness (QED) is 0.756. The molecule has 3 heteroatoms. The van der Waals surface area contributed by atoms with Gasteiger partial charge in [-0.15, -0.1) is 0 Å². The largest absolute Gasteiger partial charge is 0.501 e. The first-order valence-electron chi connectivity index (χ1n) is 9.69. The van der Waals surface area contributed by atoms with E-state index in [4.69, 9.17) is 9.47 Å². The SMILES string of the molecule is CC[C@]12CC[C@@H]3C4=C(OC)CC(OC)=CC4CC[C@H]3[C@@H]1CCC2=O. The van der Waals surface area contributed by atoms with Gasteiger partial charge in [0, 0.05) is 17.8 Å². The fraction of sp³-hybridized carbons (Fsp3) is 0.762. The summed E-state index contributed by atoms with van der Waals surface area (Å²) in [4.78, 5) is 12.7. The predicted octanol–water partition coefficient (Wildman–Crippen LogP) is 4.63. The lowest BCUT2D eigenvalue weighted by molar-refractivity contribution is -0.131. The lowest BCUT2D eigenvalue weighted by atomic mass is 9.52. The van der Waals surface area contributed by atoms with E-state index in [1.165, 1.54) is 12.8 Å². The summed E-state index contributed by atoms with van der Waals surface area (Å²) in [6.45, 7) is 2.23. The maximum absolute atomic E-state index is 12.7. The van der Waals surface area contributed by atoms with Crippen molar-refractivity contribution in [2.75, 3.05) is 14.2 Å². The van der Waals surface area contributed by atoms with E-state index in [9.17, 15) is 4.79 Å². The van der Waals surface area contributed by atoms with Crippen molar-refractivity contribution in [3.05, 3.63) is 23.2 Å². The van der Waals surface area contributed by atoms with Gasteiger partial charge in [0.25, 0.3) is 0 Å². The molecule has 0 aliphatic heterocycles. The minimum absolute atomic E-state index is 0.00396. The first-order chi connectivity index (χ1) is 11.6. The summed E-state index contributed by atoms with van der Waals surface area (Å²) >= 11 is 0. The second kappa shape index (κ2) is 5.93. The number of hydrogen-bond acceptors (Lipinski definition) is 3. The van der Waals surface area contributed by atoms with Crippen LogP contribution in [0.25, 0.3) is 0 Å². The summed E-state index contributed by atoms with van der Waals surface area (Å²) in [5.41, 5.74) is 1.54. The number of ether oxygens (including phenoxy) is 2. The van der Waals surface area contributed by atoms with E-state index in [2.05, 4.69) is 13.0 Å². The van der Waals surface area contributed by atoms with E-state index in [0.29, 0.717) is 29.5 Å². The molecule has 3 nitrogen and oxygen atoms in total. The van der Waals surface area contributed by atoms with E-state index < -0.39 is 0 Å². The zero-order valence-corrected chi connectivity index (χ0v) is 15.3. The monoisotopic (exact) mass is 330 g/mol. The van der Waals surface area contributed by atoms with Crippen LogP contribution in [0.2, 0.25) is 0 Å². The van der Waals surface area contributed by atoms with E-state index in [-0.39, 0.29) is 5.41 Å². The zero-order chi connectivity index (χ0) is 16.9. The van der Waals surface area contributed by atoms with Crippen LogP contribution in [0.4, 0.5) is 0 Å². The van der Waals surface area contributed by atoms with Gasteiger partial charge in [0.2, 0.25) is 0 Å². The Morgan fingerprint density at radius 2 is 2.00 bits per heavy atom. The highest BCUT2D eigenvalue weighted by molar-refractivity contribution is 5.87. The van der Waals surface area contributed by atoms with Gasteiger partial charge in [-0.1, -0.05) is 6.92 Å². The number of allylic oxidation sites excluding steroid dienone is 2. The molecule has 0 amide bonds. The van der Waals surface area contributed by atoms with Crippen LogP contribution in [0.1, 0.15) is 58.3 Å². The van der Waals surface area contributed by atoms with Crippen LogP contribution in [-0.2, 0) is 14.3 Å². The molecule has 0 spiro atoms. The van der Waals surface area contributed by atoms with Gasteiger partial charge in [0.1, 0.15) is 11.5 Å². The Morgan fingerprint density at radius 1 is 1.17 bits per heavy atom. The number of ketones is 1. The summed E-state index contributed by atoms with van der Waals surface area (Å²) in [6, 6.07) is 0. The number of hydrogen-bond donors (Lipinski definition) is 0. The topological polar surface area (TPSA) is 35.5 Å². The van der Waals surface area contributed by atoms with Crippen molar-refractivity contribution in [1.82, 2.24) is 0 Å². The van der Waals surface area contributed by atoms with Crippen LogP contribution in [0.15, 0.2) is 23.2 Å². The van der Waals surface area contributed by atoms with Crippen molar-refractivity contribution in [2.24, 2.45) is 29.1 Å². The van der Waals surface area contributed by atoms with Crippen LogP contribution in [0.3, 0.4) is 0 Å². The molecule has 3 fully saturated rings. The molecule has 0 aromatic carbocycles. The zero-order valence-electron chi connectivity index (χ0n) is 15.3. The summed E-state index contributed by atoms with van der Waals surface area (Å²) in [5, 5.41) is 0. The summed E-state index contributed by atoms with van der Waals surface area (Å²) in [6.07, 6.45) is 10.8. The van der Waals surface area contributed by atoms with Gasteiger partial charge in [-0.2, -0.15) is 0 Å². The van der Waals surface area contributed by atoms with Crippen molar-refractivity contribution >= 4 is 5.78 Å². The van der Waals surface area contributed by atoms with Crippen molar-refractivity contribution < 1.29 is 14.3 Å². The van der Waals surface area contributed by atoms with Gasteiger partial charge in [0.15, 0.2) is 0 Å². The third-order valence-corrected chi connectivity index (χ3v) is 7.68. The predicted molar refractivity (Wildman–Crippen MR) is 93.1 cm³/mol. The maximum atomic E-state index is 12.7. The smallest absolute Gasteiger partial charge is 0.139 e. The van der Waals surface area contributed by atoms with Gasteiger partial charge in [-0.25, -0.2) is 0 Å². The Balaban J connectivity index is 1.69. The molecular formula is C21H30O3. The number of methoxy groups -OCH3 is 2. The molecule has 0 aromatic rings. The van der Waals surface area contributed by atoms with Crippen molar-refractivity contribution in [3.8, 4) is 0 Å². The summed E-state index contributed by atoms with van der Waals surface area (Å²) < 4.78 is 11.3. The Hall–Kier alpha value is -1.25. The van der Waals surface area contributed by atoms with Crippen LogP contribution < -0.4 is 0 Å². The van der Waals surface area contributed by atoms with Gasteiger partial charge >= 0.3 is 0 Å². The first-order valence-corrected chi connectivity index (χ1v) is 9.69. The number of fused-ring (bicyclic) bond motifs is 5. The molecule has 3 saturated carbocycles. The highest BCUT2D eigenvalue weighted by Crippen LogP contribution is 2.62. The second-order valence-corrected chi connectivity index (χ2v) is 8.17.